The number of hydrogen-bond acceptors (Lipinski definition) is 8. The third-order valence-electron chi connectivity index (χ3n) is 8.85. The van der Waals surface area contributed by atoms with Gasteiger partial charge in [0.15, 0.2) is 9.84 Å². The van der Waals surface area contributed by atoms with Crippen LogP contribution < -0.4 is 15.4 Å². The van der Waals surface area contributed by atoms with Crippen LogP contribution in [0.5, 0.6) is 5.75 Å². The highest BCUT2D eigenvalue weighted by molar-refractivity contribution is 7.90. The minimum absolute atomic E-state index is 0.259. The summed E-state index contributed by atoms with van der Waals surface area (Å²) in [6.07, 6.45) is 9.35. The first-order valence-electron chi connectivity index (χ1n) is 15.2. The first kappa shape index (κ1) is 30.2. The van der Waals surface area contributed by atoms with Crippen LogP contribution in [0.15, 0.2) is 35.2 Å². The molecule has 0 amide bonds. The molecule has 0 bridgehead atoms. The minimum atomic E-state index is -3.71. The smallest absolute Gasteiger partial charge is 0.178 e. The summed E-state index contributed by atoms with van der Waals surface area (Å²) in [4.78, 5) is 3.31. The van der Waals surface area contributed by atoms with E-state index in [1.54, 1.807) is 11.3 Å². The number of nitrogens with zero attached hydrogens (tertiary/aromatic N) is 1. The van der Waals surface area contributed by atoms with Crippen LogP contribution in [-0.4, -0.2) is 71.6 Å². The lowest BCUT2D eigenvalue weighted by atomic mass is 9.89. The Kier molecular flexibility index (Phi) is 9.15. The van der Waals surface area contributed by atoms with Gasteiger partial charge in [0.1, 0.15) is 16.5 Å². The van der Waals surface area contributed by atoms with Crippen LogP contribution in [-0.2, 0) is 21.0 Å². The molecule has 1 aromatic heterocycles. The monoisotopic (exact) mass is 625 g/mol. The van der Waals surface area contributed by atoms with Crippen molar-refractivity contribution in [1.82, 2.24) is 4.90 Å². The van der Waals surface area contributed by atoms with Crippen LogP contribution >= 0.6 is 11.3 Å². The van der Waals surface area contributed by atoms with Gasteiger partial charge in [-0.3, -0.25) is 4.90 Å². The number of methoxy groups -OCH3 is 1. The third-order valence-corrected chi connectivity index (χ3v) is 11.2. The maximum atomic E-state index is 14.5. The molecule has 2 heterocycles. The van der Waals surface area contributed by atoms with Crippen molar-refractivity contribution < 1.29 is 22.3 Å². The Morgan fingerprint density at radius 1 is 1.09 bits per heavy atom. The Morgan fingerprint density at radius 2 is 1.86 bits per heavy atom. The lowest BCUT2D eigenvalue weighted by Gasteiger charge is -2.39. The van der Waals surface area contributed by atoms with Gasteiger partial charge in [-0.15, -0.1) is 11.3 Å². The molecule has 2 saturated carbocycles. The van der Waals surface area contributed by atoms with Gasteiger partial charge in [0.05, 0.1) is 47.8 Å². The van der Waals surface area contributed by atoms with E-state index in [9.17, 15) is 12.8 Å². The molecule has 7 nitrogen and oxygen atoms in total. The van der Waals surface area contributed by atoms with E-state index in [0.29, 0.717) is 17.8 Å². The SMILES string of the molecule is COc1cc(S(C)(=O)=O)c(F)cc1NCC#Cc1sc2c(NC3CCC(N4CCOCC4)CC3)cccc2c1CC1CC1. The highest BCUT2D eigenvalue weighted by Gasteiger charge is 2.28. The molecule has 2 aromatic carbocycles. The van der Waals surface area contributed by atoms with Gasteiger partial charge in [-0.1, -0.05) is 24.0 Å². The lowest BCUT2D eigenvalue weighted by Crippen LogP contribution is -2.46. The van der Waals surface area contributed by atoms with Gasteiger partial charge in [-0.05, 0) is 67.9 Å². The fourth-order valence-electron chi connectivity index (χ4n) is 6.34. The van der Waals surface area contributed by atoms with Gasteiger partial charge >= 0.3 is 0 Å². The van der Waals surface area contributed by atoms with E-state index in [2.05, 4.69) is 45.6 Å². The molecular weight excluding hydrogens is 586 g/mol. The zero-order chi connectivity index (χ0) is 30.0. The van der Waals surface area contributed by atoms with Crippen molar-refractivity contribution in [3.8, 4) is 17.6 Å². The molecule has 3 fully saturated rings. The standard InChI is InChI=1S/C33H40FN3O4S2/c1-40-30-21-32(43(2,38)39)27(34)20-29(30)35-14-4-7-31-26(19-22-8-9-22)25-5-3-6-28(33(25)42-31)36-23-10-12-24(13-11-23)37-15-17-41-18-16-37/h3,5-6,20-24,35-36H,8-19H2,1-2H3. The summed E-state index contributed by atoms with van der Waals surface area (Å²) in [5, 5.41) is 8.29. The topological polar surface area (TPSA) is 79.9 Å². The van der Waals surface area contributed by atoms with Crippen molar-refractivity contribution >= 4 is 42.6 Å². The molecule has 43 heavy (non-hydrogen) atoms. The average Bonchev–Trinajstić information content (AvgIpc) is 3.76. The summed E-state index contributed by atoms with van der Waals surface area (Å²) >= 11 is 1.76. The Bertz CT molecular complexity index is 1630. The van der Waals surface area contributed by atoms with Crippen LogP contribution in [0.2, 0.25) is 0 Å². The quantitative estimate of drug-likeness (QED) is 0.286. The van der Waals surface area contributed by atoms with E-state index in [1.807, 2.05) is 0 Å². The third kappa shape index (κ3) is 7.12. The van der Waals surface area contributed by atoms with Gasteiger partial charge in [0.25, 0.3) is 0 Å². The van der Waals surface area contributed by atoms with Crippen molar-refractivity contribution in [1.29, 1.82) is 0 Å². The van der Waals surface area contributed by atoms with E-state index < -0.39 is 15.7 Å². The van der Waals surface area contributed by atoms with Crippen LogP contribution in [0, 0.1) is 23.6 Å². The predicted molar refractivity (Wildman–Crippen MR) is 172 cm³/mol. The van der Waals surface area contributed by atoms with Crippen molar-refractivity contribution in [2.45, 2.75) is 61.9 Å². The molecule has 230 valence electrons. The fourth-order valence-corrected chi connectivity index (χ4v) is 8.25. The van der Waals surface area contributed by atoms with Gasteiger partial charge in [-0.25, -0.2) is 12.8 Å². The fraction of sp³-hybridized carbons (Fsp3) is 0.515. The van der Waals surface area contributed by atoms with Crippen LogP contribution in [0.25, 0.3) is 10.1 Å². The molecule has 0 atom stereocenters. The lowest BCUT2D eigenvalue weighted by molar-refractivity contribution is 0.00791. The van der Waals surface area contributed by atoms with E-state index in [0.717, 1.165) is 55.8 Å². The summed E-state index contributed by atoms with van der Waals surface area (Å²) in [6.45, 7) is 4.09. The Morgan fingerprint density at radius 3 is 2.56 bits per heavy atom. The molecule has 10 heteroatoms. The number of nitrogens with one attached hydrogen (secondary N) is 2. The number of benzene rings is 2. The number of halogens is 1. The van der Waals surface area contributed by atoms with Gasteiger partial charge in [-0.2, -0.15) is 0 Å². The van der Waals surface area contributed by atoms with E-state index >= 15 is 0 Å². The molecule has 3 aromatic rings. The Labute approximate surface area is 258 Å². The number of anilines is 2. The zero-order valence-electron chi connectivity index (χ0n) is 24.9. The Hall–Kier alpha value is -2.84. The molecule has 0 spiro atoms. The number of sulfone groups is 1. The highest BCUT2D eigenvalue weighted by Crippen LogP contribution is 2.42. The molecule has 2 aliphatic carbocycles. The van der Waals surface area contributed by atoms with E-state index in [-0.39, 0.29) is 17.2 Å². The van der Waals surface area contributed by atoms with Crippen molar-refractivity contribution in [3.63, 3.8) is 0 Å². The molecule has 6 rings (SSSR count). The number of rotatable bonds is 9. The molecule has 3 aliphatic rings. The summed E-state index contributed by atoms with van der Waals surface area (Å²) in [6, 6.07) is 10.1. The average molecular weight is 626 g/mol. The van der Waals surface area contributed by atoms with Crippen molar-refractivity contribution in [3.05, 3.63) is 46.6 Å². The number of ether oxygens (including phenoxy) is 2. The van der Waals surface area contributed by atoms with Gasteiger partial charge in [0.2, 0.25) is 0 Å². The molecule has 1 aliphatic heterocycles. The van der Waals surface area contributed by atoms with Crippen molar-refractivity contribution in [2.24, 2.45) is 5.92 Å². The Balaban J connectivity index is 1.17. The molecular formula is C33H40FN3O4S2. The van der Waals surface area contributed by atoms with Crippen LogP contribution in [0.3, 0.4) is 0 Å². The predicted octanol–water partition coefficient (Wildman–Crippen LogP) is 5.92. The number of fused-ring (bicyclic) bond motifs is 1. The molecule has 0 unspecified atom stereocenters. The summed E-state index contributed by atoms with van der Waals surface area (Å²) in [5.74, 6) is 6.79. The summed E-state index contributed by atoms with van der Waals surface area (Å²) < 4.78 is 50.5. The first-order valence-corrected chi connectivity index (χ1v) is 17.9. The maximum absolute atomic E-state index is 14.5. The van der Waals surface area contributed by atoms with Gasteiger partial charge in [0, 0.05) is 43.6 Å². The van der Waals surface area contributed by atoms with Crippen LogP contribution in [0.1, 0.15) is 49.0 Å². The normalized spacial score (nSPS) is 21.3. The maximum Gasteiger partial charge on any atom is 0.178 e. The molecule has 2 N–H and O–H groups in total. The minimum Gasteiger partial charge on any atom is -0.495 e. The summed E-state index contributed by atoms with van der Waals surface area (Å²) in [7, 11) is -2.28. The zero-order valence-corrected chi connectivity index (χ0v) is 26.5. The second-order valence-electron chi connectivity index (χ2n) is 11.9. The number of thiophene rings is 1. The largest absolute Gasteiger partial charge is 0.495 e. The summed E-state index contributed by atoms with van der Waals surface area (Å²) in [5.41, 5.74) is 2.90. The first-order chi connectivity index (χ1) is 20.8. The number of hydrogen-bond donors (Lipinski definition) is 2. The number of morpholine rings is 1. The second kappa shape index (κ2) is 13.0. The molecule has 1 saturated heterocycles. The van der Waals surface area contributed by atoms with E-state index in [1.165, 1.54) is 73.0 Å². The van der Waals surface area contributed by atoms with Crippen molar-refractivity contribution in [2.75, 3.05) is 56.8 Å². The van der Waals surface area contributed by atoms with Crippen LogP contribution in [0.4, 0.5) is 15.8 Å². The van der Waals surface area contributed by atoms with Gasteiger partial charge < -0.3 is 20.1 Å². The molecule has 0 radical (unpaired) electrons. The second-order valence-corrected chi connectivity index (χ2v) is 15.0. The highest BCUT2D eigenvalue weighted by atomic mass is 32.2. The van der Waals surface area contributed by atoms with E-state index in [4.69, 9.17) is 9.47 Å².